The molecule has 354 valence electrons. The van der Waals surface area contributed by atoms with Crippen molar-refractivity contribution in [1.29, 1.82) is 0 Å². The van der Waals surface area contributed by atoms with E-state index in [4.69, 9.17) is 33.2 Å². The Balaban J connectivity index is 0.940. The van der Waals surface area contributed by atoms with E-state index in [0.29, 0.717) is 48.3 Å². The van der Waals surface area contributed by atoms with Crippen LogP contribution < -0.4 is 5.32 Å². The van der Waals surface area contributed by atoms with E-state index in [1.807, 2.05) is 0 Å². The van der Waals surface area contributed by atoms with Gasteiger partial charge in [0.25, 0.3) is 0 Å². The van der Waals surface area contributed by atoms with Crippen molar-refractivity contribution < 1.29 is 79.1 Å². The van der Waals surface area contributed by atoms with E-state index in [9.17, 15) is 46.0 Å². The summed E-state index contributed by atoms with van der Waals surface area (Å²) in [6, 6.07) is 0. The largest absolute Gasteiger partial charge is 0.394 e. The van der Waals surface area contributed by atoms with E-state index in [1.54, 1.807) is 0 Å². The monoisotopic (exact) mass is 883 g/mol. The molecule has 17 heteroatoms. The van der Waals surface area contributed by atoms with Gasteiger partial charge in [0.15, 0.2) is 18.9 Å². The van der Waals surface area contributed by atoms with Crippen molar-refractivity contribution >= 4 is 0 Å². The highest BCUT2D eigenvalue weighted by atomic mass is 16.8. The average Bonchev–Trinajstić information content (AvgIpc) is 3.70. The van der Waals surface area contributed by atoms with E-state index in [1.165, 1.54) is 25.3 Å². The first-order chi connectivity index (χ1) is 29.4. The SMILES string of the molecule is C[C@@H]1CC[C@@]2(NC1)O[C@H]1C[C@H]3[C@@H]4CC=C5C[C@@H](O[C@@H]6O[C@H](CO)[C@H](O)[C@H](O[C@@H]7O[C@H](CO)[C@@H](O)[C@H](O)[C@H]7O)[C@H]6O[C@@H]6O[C@@H](C)[C@H](O)[C@@H](O)[C@H]6O)CC[C@]5(C)[C@H]4CC[C@]3(C)C1[C@@H]2C. The molecule has 0 aromatic carbocycles. The van der Waals surface area contributed by atoms with Gasteiger partial charge in [-0.1, -0.05) is 39.3 Å². The van der Waals surface area contributed by atoms with Gasteiger partial charge in [-0.05, 0) is 105 Å². The minimum absolute atomic E-state index is 0.0361. The number of piperidine rings is 1. The molecule has 10 N–H and O–H groups in total. The summed E-state index contributed by atoms with van der Waals surface area (Å²) in [6.07, 6.45) is -11.9. The van der Waals surface area contributed by atoms with Gasteiger partial charge in [-0.2, -0.15) is 0 Å². The summed E-state index contributed by atoms with van der Waals surface area (Å²) in [4.78, 5) is 0. The van der Waals surface area contributed by atoms with Gasteiger partial charge in [0.1, 0.15) is 72.9 Å². The highest BCUT2D eigenvalue weighted by molar-refractivity contribution is 5.26. The van der Waals surface area contributed by atoms with Crippen molar-refractivity contribution in [3.05, 3.63) is 11.6 Å². The lowest BCUT2D eigenvalue weighted by Crippen LogP contribution is -2.67. The minimum Gasteiger partial charge on any atom is -0.394 e. The average molecular weight is 884 g/mol. The van der Waals surface area contributed by atoms with Gasteiger partial charge in [-0.25, -0.2) is 0 Å². The summed E-state index contributed by atoms with van der Waals surface area (Å²) >= 11 is 0. The van der Waals surface area contributed by atoms with Crippen LogP contribution in [0.2, 0.25) is 0 Å². The van der Waals surface area contributed by atoms with Gasteiger partial charge in [0, 0.05) is 12.5 Å². The van der Waals surface area contributed by atoms with Gasteiger partial charge < -0.3 is 79.1 Å². The van der Waals surface area contributed by atoms with Crippen LogP contribution in [0, 0.1) is 46.3 Å². The van der Waals surface area contributed by atoms with E-state index in [2.05, 4.69) is 39.1 Å². The van der Waals surface area contributed by atoms with Crippen molar-refractivity contribution in [3.8, 4) is 0 Å². The van der Waals surface area contributed by atoms with E-state index in [0.717, 1.165) is 38.6 Å². The zero-order valence-electron chi connectivity index (χ0n) is 36.7. The first-order valence-electron chi connectivity index (χ1n) is 23.5. The molecule has 0 radical (unpaired) electrons. The fourth-order valence-electron chi connectivity index (χ4n) is 14.2. The van der Waals surface area contributed by atoms with Gasteiger partial charge in [-0.15, -0.1) is 0 Å². The Hall–Kier alpha value is -0.940. The molecule has 62 heavy (non-hydrogen) atoms. The predicted octanol–water partition coefficient (Wildman–Crippen LogP) is -0.213. The third-order valence-electron chi connectivity index (χ3n) is 17.9. The van der Waals surface area contributed by atoms with Crippen molar-refractivity contribution in [2.24, 2.45) is 46.3 Å². The van der Waals surface area contributed by atoms with Gasteiger partial charge in [0.05, 0.1) is 31.5 Å². The first-order valence-corrected chi connectivity index (χ1v) is 23.5. The molecule has 8 fully saturated rings. The van der Waals surface area contributed by atoms with Crippen LogP contribution in [0.5, 0.6) is 0 Å². The highest BCUT2D eigenvalue weighted by Crippen LogP contribution is 2.70. The second-order valence-electron chi connectivity index (χ2n) is 21.2. The lowest BCUT2D eigenvalue weighted by molar-refractivity contribution is -0.394. The summed E-state index contributed by atoms with van der Waals surface area (Å²) in [6.45, 7) is 10.8. The molecule has 9 rings (SSSR count). The van der Waals surface area contributed by atoms with Crippen LogP contribution >= 0.6 is 0 Å². The molecule has 0 aromatic rings. The van der Waals surface area contributed by atoms with Crippen LogP contribution in [0.15, 0.2) is 11.6 Å². The molecule has 17 nitrogen and oxygen atoms in total. The first kappa shape index (κ1) is 46.2. The Bertz CT molecular complexity index is 1610. The maximum Gasteiger partial charge on any atom is 0.187 e. The Morgan fingerprint density at radius 1 is 0.694 bits per heavy atom. The van der Waals surface area contributed by atoms with Gasteiger partial charge in [-0.3, -0.25) is 5.32 Å². The summed E-state index contributed by atoms with van der Waals surface area (Å²) in [5.74, 6) is 3.32. The van der Waals surface area contributed by atoms with Crippen LogP contribution in [0.4, 0.5) is 0 Å². The molecule has 5 heterocycles. The van der Waals surface area contributed by atoms with Crippen molar-refractivity contribution in [1.82, 2.24) is 5.32 Å². The molecule has 9 aliphatic rings. The summed E-state index contributed by atoms with van der Waals surface area (Å²) in [5, 5.41) is 99.7. The number of aliphatic hydroxyl groups excluding tert-OH is 9. The Morgan fingerprint density at radius 2 is 1.35 bits per heavy atom. The minimum atomic E-state index is -1.84. The number of ether oxygens (including phenoxy) is 7. The lowest BCUT2D eigenvalue weighted by Gasteiger charge is -2.59. The van der Waals surface area contributed by atoms with E-state index < -0.39 is 111 Å². The number of rotatable bonds is 8. The van der Waals surface area contributed by atoms with Crippen molar-refractivity contribution in [3.63, 3.8) is 0 Å². The molecule has 26 atom stereocenters. The molecule has 0 aromatic heterocycles. The van der Waals surface area contributed by atoms with Gasteiger partial charge >= 0.3 is 0 Å². The fourth-order valence-corrected chi connectivity index (χ4v) is 14.2. The maximum atomic E-state index is 11.6. The van der Waals surface area contributed by atoms with Crippen LogP contribution in [0.3, 0.4) is 0 Å². The maximum absolute atomic E-state index is 11.6. The predicted molar refractivity (Wildman–Crippen MR) is 216 cm³/mol. The Kier molecular flexibility index (Phi) is 12.9. The summed E-state index contributed by atoms with van der Waals surface area (Å²) < 4.78 is 43.9. The second-order valence-corrected chi connectivity index (χ2v) is 21.2. The third kappa shape index (κ3) is 7.49. The zero-order valence-corrected chi connectivity index (χ0v) is 36.7. The standard InChI is InChI=1S/C45H73NO16/c1-19-8-13-45(46-16-19)20(2)30-27(62-45)15-26-24-7-6-22-14-23(9-11-43(22,4)25(24)10-12-44(26,30)5)57-42-39(61-40-36(54)34(52)31(49)21(3)56-40)38(33(51)29(18-48)59-42)60-41-37(55)35(53)32(50)28(17-47)58-41/h6,19-21,23-42,46-55H,7-18H2,1-5H3/t19-,20+,21+,23+,24-,25+,26+,27+,28-,29-,30?,31+,32-,33+,34-,35+,36-,37-,38+,39-,40+,41+,42-,43+,44+,45-/m1/s1. The molecule has 1 unspecified atom stereocenters. The number of hydrogen-bond acceptors (Lipinski definition) is 17. The number of aliphatic hydroxyl groups is 9. The fraction of sp³-hybridized carbons (Fsp3) is 0.956. The second kappa shape index (κ2) is 17.3. The molecular weight excluding hydrogens is 810 g/mol. The van der Waals surface area contributed by atoms with Crippen LogP contribution in [0.25, 0.3) is 0 Å². The smallest absolute Gasteiger partial charge is 0.187 e. The Morgan fingerprint density at radius 3 is 2.05 bits per heavy atom. The number of allylic oxidation sites excluding steroid dienone is 1. The molecular formula is C45H73NO16. The number of fused-ring (bicyclic) bond motifs is 7. The van der Waals surface area contributed by atoms with E-state index in [-0.39, 0.29) is 22.7 Å². The normalized spacial score (nSPS) is 57.6. The van der Waals surface area contributed by atoms with Crippen molar-refractivity contribution in [2.75, 3.05) is 19.8 Å². The molecule has 3 saturated carbocycles. The molecule has 4 aliphatic carbocycles. The Labute approximate surface area is 364 Å². The number of hydrogen-bond donors (Lipinski definition) is 10. The highest BCUT2D eigenvalue weighted by Gasteiger charge is 2.68. The number of nitrogens with one attached hydrogen (secondary N) is 1. The molecule has 1 spiro atoms. The van der Waals surface area contributed by atoms with Gasteiger partial charge in [0.2, 0.25) is 0 Å². The lowest BCUT2D eigenvalue weighted by atomic mass is 9.47. The zero-order chi connectivity index (χ0) is 44.2. The summed E-state index contributed by atoms with van der Waals surface area (Å²) in [5.41, 5.74) is 1.32. The van der Waals surface area contributed by atoms with E-state index >= 15 is 0 Å². The summed E-state index contributed by atoms with van der Waals surface area (Å²) in [7, 11) is 0. The molecule has 5 aliphatic heterocycles. The third-order valence-corrected chi connectivity index (χ3v) is 17.9. The quantitative estimate of drug-likeness (QED) is 0.142. The molecule has 0 bridgehead atoms. The van der Waals surface area contributed by atoms with Crippen molar-refractivity contribution in [2.45, 2.75) is 202 Å². The van der Waals surface area contributed by atoms with Crippen LogP contribution in [-0.2, 0) is 33.2 Å². The topological polar surface area (TPSA) is 259 Å². The molecule has 0 amide bonds. The van der Waals surface area contributed by atoms with Crippen LogP contribution in [-0.4, -0.2) is 176 Å². The molecule has 5 saturated heterocycles. The van der Waals surface area contributed by atoms with Crippen LogP contribution in [0.1, 0.15) is 92.4 Å².